The number of aromatic nitrogens is 5. The number of aromatic amines is 1. The van der Waals surface area contributed by atoms with E-state index in [-0.39, 0.29) is 23.7 Å². The Balaban J connectivity index is 1.40. The van der Waals surface area contributed by atoms with Gasteiger partial charge in [0.25, 0.3) is 5.91 Å². The number of likely N-dealkylation sites (tertiary alicyclic amines) is 1. The van der Waals surface area contributed by atoms with E-state index in [4.69, 9.17) is 9.84 Å². The Morgan fingerprint density at radius 3 is 2.67 bits per heavy atom. The number of carbonyl (C=O) groups is 1. The summed E-state index contributed by atoms with van der Waals surface area (Å²) in [5.41, 5.74) is 6.12. The lowest BCUT2D eigenvalue weighted by atomic mass is 9.90. The highest BCUT2D eigenvalue weighted by atomic mass is 19.1. The van der Waals surface area contributed by atoms with Gasteiger partial charge in [0.15, 0.2) is 0 Å². The van der Waals surface area contributed by atoms with Crippen LogP contribution in [0.3, 0.4) is 0 Å². The van der Waals surface area contributed by atoms with Gasteiger partial charge in [-0.25, -0.2) is 4.39 Å². The first-order valence-corrected chi connectivity index (χ1v) is 13.3. The van der Waals surface area contributed by atoms with E-state index >= 15 is 0 Å². The molecule has 2 N–H and O–H groups in total. The largest absolute Gasteiger partial charge is 0.384 e. The maximum Gasteiger partial charge on any atom is 0.251 e. The second-order valence-electron chi connectivity index (χ2n) is 10.6. The van der Waals surface area contributed by atoms with Crippen molar-refractivity contribution in [2.24, 2.45) is 0 Å². The third kappa shape index (κ3) is 4.02. The maximum atomic E-state index is 14.0. The average Bonchev–Trinajstić information content (AvgIpc) is 3.64. The molecule has 2 aliphatic heterocycles. The molecular weight excluding hydrogens is 499 g/mol. The van der Waals surface area contributed by atoms with Crippen molar-refractivity contribution in [1.82, 2.24) is 29.4 Å². The van der Waals surface area contributed by atoms with Gasteiger partial charge in [-0.05, 0) is 56.2 Å². The van der Waals surface area contributed by atoms with Crippen LogP contribution in [-0.2, 0) is 9.53 Å². The van der Waals surface area contributed by atoms with Crippen molar-refractivity contribution in [2.45, 2.75) is 37.8 Å². The number of fused-ring (bicyclic) bond motifs is 2. The molecule has 10 heteroatoms. The van der Waals surface area contributed by atoms with E-state index in [9.17, 15) is 14.3 Å². The molecule has 1 amide bonds. The third-order valence-electron chi connectivity index (χ3n) is 8.05. The van der Waals surface area contributed by atoms with E-state index in [1.54, 1.807) is 4.90 Å². The van der Waals surface area contributed by atoms with Gasteiger partial charge in [-0.1, -0.05) is 0 Å². The van der Waals surface area contributed by atoms with Gasteiger partial charge in [0, 0.05) is 71.7 Å². The molecule has 0 bridgehead atoms. The number of amides is 1. The second-order valence-corrected chi connectivity index (χ2v) is 10.6. The quantitative estimate of drug-likeness (QED) is 0.357. The van der Waals surface area contributed by atoms with Gasteiger partial charge >= 0.3 is 0 Å². The molecule has 7 rings (SSSR count). The van der Waals surface area contributed by atoms with Crippen LogP contribution in [0, 0.1) is 5.82 Å². The molecule has 9 nitrogen and oxygen atoms in total. The van der Waals surface area contributed by atoms with Crippen molar-refractivity contribution in [2.75, 3.05) is 26.3 Å². The molecule has 5 heterocycles. The number of aliphatic hydroxyl groups excluding tert-OH is 1. The molecule has 1 atom stereocenters. The van der Waals surface area contributed by atoms with Gasteiger partial charge in [-0.15, -0.1) is 0 Å². The summed E-state index contributed by atoms with van der Waals surface area (Å²) in [6, 6.07) is 11.0. The lowest BCUT2D eigenvalue weighted by Gasteiger charge is -2.39. The van der Waals surface area contributed by atoms with Gasteiger partial charge in [0.1, 0.15) is 11.9 Å². The molecule has 2 fully saturated rings. The number of benzene rings is 2. The number of carbonyl (C=O) groups excluding carboxylic acids is 1. The maximum absolute atomic E-state index is 14.0. The second kappa shape index (κ2) is 9.32. The van der Waals surface area contributed by atoms with Gasteiger partial charge in [-0.3, -0.25) is 14.6 Å². The molecule has 2 aromatic carbocycles. The van der Waals surface area contributed by atoms with Crippen LogP contribution in [0.4, 0.5) is 4.39 Å². The van der Waals surface area contributed by atoms with E-state index < -0.39 is 6.10 Å². The monoisotopic (exact) mass is 528 g/mol. The average molecular weight is 529 g/mol. The van der Waals surface area contributed by atoms with Crippen molar-refractivity contribution >= 4 is 27.7 Å². The number of halogens is 1. The van der Waals surface area contributed by atoms with Crippen molar-refractivity contribution in [1.29, 1.82) is 0 Å². The number of ether oxygens (including phenoxy) is 1. The lowest BCUT2D eigenvalue weighted by Crippen LogP contribution is -2.53. The van der Waals surface area contributed by atoms with Crippen LogP contribution in [0.1, 0.15) is 37.4 Å². The summed E-state index contributed by atoms with van der Waals surface area (Å²) in [5, 5.41) is 23.8. The van der Waals surface area contributed by atoms with Crippen LogP contribution >= 0.6 is 0 Å². The summed E-state index contributed by atoms with van der Waals surface area (Å²) < 4.78 is 23.9. The Kier molecular flexibility index (Phi) is 5.75. The van der Waals surface area contributed by atoms with E-state index in [0.29, 0.717) is 26.3 Å². The fraction of sp³-hybridized carbons (Fsp3) is 0.345. The van der Waals surface area contributed by atoms with Gasteiger partial charge < -0.3 is 19.3 Å². The normalized spacial score (nSPS) is 17.7. The number of aliphatic hydroxyl groups is 1. The topological polar surface area (TPSA) is 101 Å². The molecule has 0 spiro atoms. The fourth-order valence-corrected chi connectivity index (χ4v) is 6.01. The Hall–Kier alpha value is -4.02. The van der Waals surface area contributed by atoms with E-state index in [1.807, 2.05) is 29.2 Å². The molecule has 200 valence electrons. The summed E-state index contributed by atoms with van der Waals surface area (Å²) in [7, 11) is 0. The van der Waals surface area contributed by atoms with Crippen LogP contribution in [0.2, 0.25) is 0 Å². The Bertz CT molecular complexity index is 1670. The first kappa shape index (κ1) is 24.1. The van der Waals surface area contributed by atoms with E-state index in [0.717, 1.165) is 51.5 Å². The third-order valence-corrected chi connectivity index (χ3v) is 8.05. The number of H-pyrrole nitrogens is 1. The number of nitrogens with one attached hydrogen (secondary N) is 1. The van der Waals surface area contributed by atoms with Gasteiger partial charge in [0.05, 0.1) is 29.5 Å². The predicted octanol–water partition coefficient (Wildman–Crippen LogP) is 4.17. The fourth-order valence-electron chi connectivity index (χ4n) is 6.01. The van der Waals surface area contributed by atoms with Crippen molar-refractivity contribution in [3.05, 3.63) is 66.5 Å². The molecule has 0 unspecified atom stereocenters. The van der Waals surface area contributed by atoms with Gasteiger partial charge in [0.2, 0.25) is 0 Å². The highest BCUT2D eigenvalue weighted by Crippen LogP contribution is 2.44. The first-order valence-electron chi connectivity index (χ1n) is 13.3. The van der Waals surface area contributed by atoms with E-state index in [1.165, 1.54) is 24.8 Å². The van der Waals surface area contributed by atoms with Gasteiger partial charge in [-0.2, -0.15) is 10.2 Å². The SMILES string of the molecule is C[C@H](O)C(=O)N1CC(n2cc(-c3c(C4CCOCC4)n(-c4ccc(F)cc4)c4cc5cn[nH]c5cc34)cn2)C1. The molecular formula is C29H29FN6O3. The zero-order valence-corrected chi connectivity index (χ0v) is 21.5. The molecule has 2 aliphatic rings. The molecule has 0 aliphatic carbocycles. The van der Waals surface area contributed by atoms with Crippen LogP contribution in [0.5, 0.6) is 0 Å². The van der Waals surface area contributed by atoms with Crippen molar-refractivity contribution in [3.8, 4) is 16.8 Å². The van der Waals surface area contributed by atoms with E-state index in [2.05, 4.69) is 33.1 Å². The smallest absolute Gasteiger partial charge is 0.251 e. The number of rotatable bonds is 5. The van der Waals surface area contributed by atoms with Crippen LogP contribution in [0.15, 0.2) is 55.0 Å². The Morgan fingerprint density at radius 1 is 1.15 bits per heavy atom. The standard InChI is InChI=1S/C29H29FN6O3/c1-17(37)29(38)34-15-23(16-34)35-14-20(13-32-35)27-24-11-25-19(12-31-33-25)10-26(24)36(22-4-2-21(30)3-5-22)28(27)18-6-8-39-9-7-18/h2-5,10-14,17-18,23,37H,6-9,15-16H2,1H3,(H,31,33)/t17-/m0/s1. The summed E-state index contributed by atoms with van der Waals surface area (Å²) >= 11 is 0. The minimum absolute atomic E-state index is 0.0535. The molecule has 0 radical (unpaired) electrons. The number of nitrogens with zero attached hydrogens (tertiary/aromatic N) is 5. The van der Waals surface area contributed by atoms with Crippen LogP contribution in [0.25, 0.3) is 38.6 Å². The molecule has 0 saturated carbocycles. The molecule has 2 saturated heterocycles. The lowest BCUT2D eigenvalue weighted by molar-refractivity contribution is -0.145. The predicted molar refractivity (Wildman–Crippen MR) is 144 cm³/mol. The highest BCUT2D eigenvalue weighted by molar-refractivity contribution is 6.05. The minimum Gasteiger partial charge on any atom is -0.384 e. The highest BCUT2D eigenvalue weighted by Gasteiger charge is 2.35. The minimum atomic E-state index is -1.00. The molecule has 5 aromatic rings. The molecule has 3 aromatic heterocycles. The Labute approximate surface area is 223 Å². The number of hydrogen-bond acceptors (Lipinski definition) is 5. The summed E-state index contributed by atoms with van der Waals surface area (Å²) in [5.74, 6) is -0.287. The first-order chi connectivity index (χ1) is 19.0. The van der Waals surface area contributed by atoms with Crippen molar-refractivity contribution < 1.29 is 19.0 Å². The zero-order valence-electron chi connectivity index (χ0n) is 21.5. The van der Waals surface area contributed by atoms with Crippen LogP contribution in [-0.4, -0.2) is 72.9 Å². The molecule has 39 heavy (non-hydrogen) atoms. The zero-order chi connectivity index (χ0) is 26.7. The summed E-state index contributed by atoms with van der Waals surface area (Å²) in [4.78, 5) is 13.8. The number of hydrogen-bond donors (Lipinski definition) is 2. The Morgan fingerprint density at radius 2 is 1.92 bits per heavy atom. The summed E-state index contributed by atoms with van der Waals surface area (Å²) in [6.45, 7) is 3.91. The summed E-state index contributed by atoms with van der Waals surface area (Å²) in [6.07, 6.45) is 6.54. The van der Waals surface area contributed by atoms with Crippen molar-refractivity contribution in [3.63, 3.8) is 0 Å². The van der Waals surface area contributed by atoms with Crippen LogP contribution < -0.4 is 0 Å².